The highest BCUT2D eigenvalue weighted by molar-refractivity contribution is 7.89. The Labute approximate surface area is 194 Å². The van der Waals surface area contributed by atoms with E-state index in [1.54, 1.807) is 18.2 Å². The van der Waals surface area contributed by atoms with Gasteiger partial charge in [0.15, 0.2) is 11.9 Å². The van der Waals surface area contributed by atoms with Gasteiger partial charge < -0.3 is 10.1 Å². The highest BCUT2D eigenvalue weighted by Gasteiger charge is 2.28. The highest BCUT2D eigenvalue weighted by Crippen LogP contribution is 2.24. The van der Waals surface area contributed by atoms with Crippen molar-refractivity contribution in [3.05, 3.63) is 59.7 Å². The zero-order chi connectivity index (χ0) is 24.2. The summed E-state index contributed by atoms with van der Waals surface area (Å²) in [7, 11) is -3.62. The van der Waals surface area contributed by atoms with Crippen LogP contribution in [0, 0.1) is 5.92 Å². The van der Waals surface area contributed by atoms with E-state index in [1.807, 2.05) is 0 Å². The molecule has 33 heavy (non-hydrogen) atoms. The van der Waals surface area contributed by atoms with Crippen LogP contribution >= 0.6 is 0 Å². The lowest BCUT2D eigenvalue weighted by Crippen LogP contribution is -2.37. The van der Waals surface area contributed by atoms with Crippen LogP contribution in [-0.2, 0) is 19.6 Å². The predicted octanol–water partition coefficient (Wildman–Crippen LogP) is 3.49. The highest BCUT2D eigenvalue weighted by atomic mass is 32.2. The van der Waals surface area contributed by atoms with Gasteiger partial charge in [0.2, 0.25) is 10.0 Å². The van der Waals surface area contributed by atoms with Gasteiger partial charge in [0.1, 0.15) is 0 Å². The summed E-state index contributed by atoms with van der Waals surface area (Å²) in [6.07, 6.45) is 0.544. The number of esters is 1. The fourth-order valence-corrected chi connectivity index (χ4v) is 4.95. The van der Waals surface area contributed by atoms with E-state index in [1.165, 1.54) is 48.5 Å². The molecule has 2 aromatic carbocycles. The van der Waals surface area contributed by atoms with Gasteiger partial charge in [-0.3, -0.25) is 9.59 Å². The summed E-state index contributed by atoms with van der Waals surface area (Å²) in [4.78, 5) is 36.4. The van der Waals surface area contributed by atoms with Crippen molar-refractivity contribution in [3.8, 4) is 0 Å². The molecular weight excluding hydrogens is 444 g/mol. The molecule has 2 aromatic rings. The van der Waals surface area contributed by atoms with Crippen molar-refractivity contribution in [3.63, 3.8) is 0 Å². The van der Waals surface area contributed by atoms with Gasteiger partial charge in [-0.05, 0) is 69.0 Å². The molecule has 1 aliphatic heterocycles. The van der Waals surface area contributed by atoms with Gasteiger partial charge in [0.25, 0.3) is 5.91 Å². The molecule has 0 radical (unpaired) electrons. The Balaban J connectivity index is 1.61. The molecule has 176 valence electrons. The molecule has 0 spiro atoms. The second-order valence-corrected chi connectivity index (χ2v) is 10.2. The second-order valence-electron chi connectivity index (χ2n) is 8.28. The number of benzene rings is 2. The van der Waals surface area contributed by atoms with Crippen LogP contribution in [0.1, 0.15) is 54.3 Å². The Morgan fingerprint density at radius 2 is 1.67 bits per heavy atom. The molecule has 1 saturated heterocycles. The van der Waals surface area contributed by atoms with E-state index in [9.17, 15) is 22.8 Å². The zero-order valence-electron chi connectivity index (χ0n) is 18.9. The summed E-state index contributed by atoms with van der Waals surface area (Å²) in [5.41, 5.74) is 1.00. The normalized spacial score (nSPS) is 16.1. The van der Waals surface area contributed by atoms with E-state index in [4.69, 9.17) is 4.74 Å². The molecular formula is C24H28N2O6S. The molecule has 1 N–H and O–H groups in total. The number of piperidine rings is 1. The van der Waals surface area contributed by atoms with Crippen molar-refractivity contribution in [2.75, 3.05) is 18.4 Å². The minimum atomic E-state index is -3.62. The maximum absolute atomic E-state index is 12.8. The van der Waals surface area contributed by atoms with Crippen molar-refractivity contribution in [2.24, 2.45) is 5.92 Å². The predicted molar refractivity (Wildman–Crippen MR) is 124 cm³/mol. The number of ketones is 1. The van der Waals surface area contributed by atoms with Gasteiger partial charge in [-0.1, -0.05) is 19.1 Å². The first-order valence-electron chi connectivity index (χ1n) is 10.8. The molecule has 0 bridgehead atoms. The summed E-state index contributed by atoms with van der Waals surface area (Å²) in [5, 5.41) is 2.61. The van der Waals surface area contributed by atoms with E-state index in [0.717, 1.165) is 12.8 Å². The number of nitrogens with one attached hydrogen (secondary N) is 1. The Morgan fingerprint density at radius 1 is 1.03 bits per heavy atom. The summed E-state index contributed by atoms with van der Waals surface area (Å²) < 4.78 is 32.3. The number of amides is 1. The average molecular weight is 473 g/mol. The lowest BCUT2D eigenvalue weighted by Gasteiger charge is -2.29. The Bertz CT molecular complexity index is 1140. The fourth-order valence-electron chi connectivity index (χ4n) is 3.48. The number of hydrogen-bond donors (Lipinski definition) is 1. The van der Waals surface area contributed by atoms with Gasteiger partial charge in [-0.2, -0.15) is 4.31 Å². The zero-order valence-corrected chi connectivity index (χ0v) is 19.7. The topological polar surface area (TPSA) is 110 Å². The summed E-state index contributed by atoms with van der Waals surface area (Å²) in [6.45, 7) is 5.92. The van der Waals surface area contributed by atoms with E-state index in [0.29, 0.717) is 30.3 Å². The molecule has 1 atom stereocenters. The molecule has 1 fully saturated rings. The second kappa shape index (κ2) is 10.3. The third-order valence-electron chi connectivity index (χ3n) is 5.66. The van der Waals surface area contributed by atoms with Gasteiger partial charge in [0, 0.05) is 24.3 Å². The van der Waals surface area contributed by atoms with Crippen LogP contribution in [-0.4, -0.2) is 49.6 Å². The lowest BCUT2D eigenvalue weighted by molar-refractivity contribution is -0.123. The summed E-state index contributed by atoms with van der Waals surface area (Å²) in [5.74, 6) is -0.926. The molecule has 8 nitrogen and oxygen atoms in total. The summed E-state index contributed by atoms with van der Waals surface area (Å²) >= 11 is 0. The molecule has 0 aromatic heterocycles. The first-order chi connectivity index (χ1) is 15.6. The molecule has 1 amide bonds. The number of Topliss-reactive ketones (excluding diaryl/α,β-unsaturated/α-hetero) is 1. The average Bonchev–Trinajstić information content (AvgIpc) is 2.79. The quantitative estimate of drug-likeness (QED) is 0.488. The van der Waals surface area contributed by atoms with Crippen LogP contribution in [0.2, 0.25) is 0 Å². The third-order valence-corrected chi connectivity index (χ3v) is 7.57. The van der Waals surface area contributed by atoms with E-state index in [2.05, 4.69) is 12.2 Å². The van der Waals surface area contributed by atoms with Crippen molar-refractivity contribution >= 4 is 33.4 Å². The molecule has 9 heteroatoms. The largest absolute Gasteiger partial charge is 0.449 e. The van der Waals surface area contributed by atoms with Crippen LogP contribution in [0.25, 0.3) is 0 Å². The SMILES string of the molecule is CC(=O)c1cccc(NC(=O)C(C)OC(=O)c2ccc(S(=O)(=O)N3CCC(C)CC3)cc2)c1. The number of ether oxygens (including phenoxy) is 1. The molecule has 1 aliphatic rings. The van der Waals surface area contributed by atoms with E-state index >= 15 is 0 Å². The number of hydrogen-bond acceptors (Lipinski definition) is 6. The molecule has 3 rings (SSSR count). The Kier molecular flexibility index (Phi) is 7.65. The molecule has 0 aliphatic carbocycles. The number of sulfonamides is 1. The minimum absolute atomic E-state index is 0.116. The maximum Gasteiger partial charge on any atom is 0.338 e. The Hall–Kier alpha value is -3.04. The van der Waals surface area contributed by atoms with Gasteiger partial charge in [-0.15, -0.1) is 0 Å². The standard InChI is InChI=1S/C24H28N2O6S/c1-16-11-13-26(14-12-16)33(30,31)22-9-7-19(8-10-22)24(29)32-18(3)23(28)25-21-6-4-5-20(15-21)17(2)27/h4-10,15-16,18H,11-14H2,1-3H3,(H,25,28). The van der Waals surface area contributed by atoms with Gasteiger partial charge >= 0.3 is 5.97 Å². The van der Waals surface area contributed by atoms with Crippen molar-refractivity contribution < 1.29 is 27.5 Å². The van der Waals surface area contributed by atoms with E-state index < -0.39 is 28.0 Å². The lowest BCUT2D eigenvalue weighted by atomic mass is 10.0. The van der Waals surface area contributed by atoms with Gasteiger partial charge in [0.05, 0.1) is 10.5 Å². The Morgan fingerprint density at radius 3 is 2.27 bits per heavy atom. The van der Waals surface area contributed by atoms with E-state index in [-0.39, 0.29) is 16.2 Å². The van der Waals surface area contributed by atoms with Crippen LogP contribution < -0.4 is 5.32 Å². The van der Waals surface area contributed by atoms with Crippen LogP contribution in [0.4, 0.5) is 5.69 Å². The minimum Gasteiger partial charge on any atom is -0.449 e. The van der Waals surface area contributed by atoms with Crippen molar-refractivity contribution in [1.29, 1.82) is 0 Å². The first-order valence-corrected chi connectivity index (χ1v) is 12.2. The van der Waals surface area contributed by atoms with Crippen molar-refractivity contribution in [2.45, 2.75) is 44.6 Å². The molecule has 1 unspecified atom stereocenters. The molecule has 1 heterocycles. The number of carbonyl (C=O) groups is 3. The van der Waals surface area contributed by atoms with Crippen LogP contribution in [0.3, 0.4) is 0 Å². The van der Waals surface area contributed by atoms with Crippen LogP contribution in [0.15, 0.2) is 53.4 Å². The number of anilines is 1. The summed E-state index contributed by atoms with van der Waals surface area (Å²) in [6, 6.07) is 12.0. The number of nitrogens with zero attached hydrogens (tertiary/aromatic N) is 1. The number of rotatable bonds is 7. The third kappa shape index (κ3) is 6.06. The maximum atomic E-state index is 12.8. The van der Waals surface area contributed by atoms with Crippen molar-refractivity contribution in [1.82, 2.24) is 4.31 Å². The smallest absolute Gasteiger partial charge is 0.338 e. The van der Waals surface area contributed by atoms with Gasteiger partial charge in [-0.25, -0.2) is 13.2 Å². The van der Waals surface area contributed by atoms with Crippen LogP contribution in [0.5, 0.6) is 0 Å². The molecule has 0 saturated carbocycles. The first kappa shape index (κ1) is 24.6. The monoisotopic (exact) mass is 472 g/mol. The fraction of sp³-hybridized carbons (Fsp3) is 0.375. The number of carbonyl (C=O) groups excluding carboxylic acids is 3.